The highest BCUT2D eigenvalue weighted by Crippen LogP contribution is 2.31. The van der Waals surface area contributed by atoms with Gasteiger partial charge in [-0.25, -0.2) is 8.42 Å². The maximum atomic E-state index is 12.9. The van der Waals surface area contributed by atoms with Crippen LogP contribution in [0.2, 0.25) is 0 Å². The van der Waals surface area contributed by atoms with Gasteiger partial charge in [0.1, 0.15) is 5.54 Å². The smallest absolute Gasteiger partial charge is 0.327 e. The van der Waals surface area contributed by atoms with Gasteiger partial charge in [0.05, 0.1) is 12.0 Å². The molecule has 1 aliphatic rings. The quantitative estimate of drug-likeness (QED) is 0.863. The lowest BCUT2D eigenvalue weighted by atomic mass is 9.83. The van der Waals surface area contributed by atoms with Crippen LogP contribution in [-0.2, 0) is 19.6 Å². The molecule has 0 atom stereocenters. The Bertz CT molecular complexity index is 854. The van der Waals surface area contributed by atoms with Crippen molar-refractivity contribution in [3.63, 3.8) is 0 Å². The van der Waals surface area contributed by atoms with Gasteiger partial charge in [0.2, 0.25) is 10.0 Å². The molecule has 1 saturated carbocycles. The number of benzene rings is 2. The predicted molar refractivity (Wildman–Crippen MR) is 92.1 cm³/mol. The van der Waals surface area contributed by atoms with Gasteiger partial charge in [-0.15, -0.1) is 0 Å². The molecule has 1 aliphatic carbocycles. The highest BCUT2D eigenvalue weighted by atomic mass is 32.2. The number of rotatable bonds is 4. The summed E-state index contributed by atoms with van der Waals surface area (Å²) in [5, 5.41) is 1.81. The van der Waals surface area contributed by atoms with E-state index in [1.54, 1.807) is 18.2 Å². The molecular formula is C18H21NO4S. The summed E-state index contributed by atoms with van der Waals surface area (Å²) >= 11 is 0. The fourth-order valence-electron chi connectivity index (χ4n) is 3.35. The van der Waals surface area contributed by atoms with E-state index >= 15 is 0 Å². The molecule has 0 amide bonds. The lowest BCUT2D eigenvalue weighted by Gasteiger charge is -2.34. The van der Waals surface area contributed by atoms with Gasteiger partial charge in [-0.05, 0) is 35.7 Å². The summed E-state index contributed by atoms with van der Waals surface area (Å²) in [5.41, 5.74) is -1.16. The molecule has 6 heteroatoms. The molecule has 0 saturated heterocycles. The largest absolute Gasteiger partial charge is 0.468 e. The molecule has 0 bridgehead atoms. The number of methoxy groups -OCH3 is 1. The molecule has 0 aliphatic heterocycles. The van der Waals surface area contributed by atoms with Crippen molar-refractivity contribution in [3.05, 3.63) is 42.5 Å². The molecule has 0 heterocycles. The molecular weight excluding hydrogens is 326 g/mol. The Morgan fingerprint density at radius 3 is 2.38 bits per heavy atom. The van der Waals surface area contributed by atoms with Crippen molar-refractivity contribution in [1.82, 2.24) is 4.72 Å². The van der Waals surface area contributed by atoms with E-state index in [9.17, 15) is 13.2 Å². The molecule has 3 rings (SSSR count). The average Bonchev–Trinajstić information content (AvgIpc) is 2.61. The lowest BCUT2D eigenvalue weighted by molar-refractivity contribution is -0.149. The second kappa shape index (κ2) is 6.53. The van der Waals surface area contributed by atoms with Gasteiger partial charge in [0.15, 0.2) is 0 Å². The van der Waals surface area contributed by atoms with Crippen molar-refractivity contribution >= 4 is 26.8 Å². The summed E-state index contributed by atoms with van der Waals surface area (Å²) in [6.07, 6.45) is 3.53. The number of carbonyl (C=O) groups is 1. The zero-order valence-electron chi connectivity index (χ0n) is 13.6. The van der Waals surface area contributed by atoms with Crippen molar-refractivity contribution in [1.29, 1.82) is 0 Å². The molecule has 2 aromatic carbocycles. The third-order valence-electron chi connectivity index (χ3n) is 4.64. The van der Waals surface area contributed by atoms with Gasteiger partial charge in [0.25, 0.3) is 0 Å². The van der Waals surface area contributed by atoms with Gasteiger partial charge in [-0.2, -0.15) is 4.72 Å². The predicted octanol–water partition coefficient (Wildman–Crippen LogP) is 2.99. The number of fused-ring (bicyclic) bond motifs is 1. The minimum absolute atomic E-state index is 0.162. The van der Waals surface area contributed by atoms with Crippen LogP contribution in [0.5, 0.6) is 0 Å². The van der Waals surface area contributed by atoms with Crippen LogP contribution in [0.3, 0.4) is 0 Å². The van der Waals surface area contributed by atoms with Crippen LogP contribution >= 0.6 is 0 Å². The van der Waals surface area contributed by atoms with Crippen LogP contribution in [0.4, 0.5) is 0 Å². The minimum Gasteiger partial charge on any atom is -0.468 e. The normalized spacial score (nSPS) is 17.5. The van der Waals surface area contributed by atoms with Gasteiger partial charge in [-0.1, -0.05) is 49.6 Å². The zero-order valence-corrected chi connectivity index (χ0v) is 14.4. The number of hydrogen-bond acceptors (Lipinski definition) is 4. The van der Waals surface area contributed by atoms with Crippen LogP contribution in [0.25, 0.3) is 10.8 Å². The first-order valence-corrected chi connectivity index (χ1v) is 9.56. The second-order valence-electron chi connectivity index (χ2n) is 6.25. The first kappa shape index (κ1) is 16.9. The van der Waals surface area contributed by atoms with E-state index in [1.807, 2.05) is 24.3 Å². The number of carbonyl (C=O) groups excluding carboxylic acids is 1. The average molecular weight is 347 g/mol. The fraction of sp³-hybridized carbons (Fsp3) is 0.389. The van der Waals surface area contributed by atoms with E-state index < -0.39 is 21.5 Å². The standard InChI is InChI=1S/C18H21NO4S/c1-23-17(20)18(11-5-2-6-12-18)19-24(21,22)16-10-9-14-7-3-4-8-15(14)13-16/h3-4,7-10,13,19H,2,5-6,11-12H2,1H3. The molecule has 128 valence electrons. The van der Waals surface area contributed by atoms with E-state index in [0.29, 0.717) is 12.8 Å². The van der Waals surface area contributed by atoms with Crippen LogP contribution < -0.4 is 4.72 Å². The molecule has 0 radical (unpaired) electrons. The Hall–Kier alpha value is -1.92. The number of nitrogens with one attached hydrogen (secondary N) is 1. The van der Waals surface area contributed by atoms with Crippen molar-refractivity contribution in [3.8, 4) is 0 Å². The third kappa shape index (κ3) is 3.16. The summed E-state index contributed by atoms with van der Waals surface area (Å²) in [6.45, 7) is 0. The molecule has 1 fully saturated rings. The summed E-state index contributed by atoms with van der Waals surface area (Å²) in [6, 6.07) is 12.5. The maximum absolute atomic E-state index is 12.9. The zero-order chi connectivity index (χ0) is 17.2. The maximum Gasteiger partial charge on any atom is 0.327 e. The molecule has 2 aromatic rings. The molecule has 24 heavy (non-hydrogen) atoms. The molecule has 0 aromatic heterocycles. The minimum atomic E-state index is -3.82. The lowest BCUT2D eigenvalue weighted by Crippen LogP contribution is -2.55. The Morgan fingerprint density at radius 2 is 1.71 bits per heavy atom. The molecule has 1 N–H and O–H groups in total. The number of ether oxygens (including phenoxy) is 1. The monoisotopic (exact) mass is 347 g/mol. The number of esters is 1. The Kier molecular flexibility index (Phi) is 4.60. The van der Waals surface area contributed by atoms with Gasteiger partial charge in [-0.3, -0.25) is 4.79 Å². The first-order valence-electron chi connectivity index (χ1n) is 8.08. The number of hydrogen-bond donors (Lipinski definition) is 1. The van der Waals surface area contributed by atoms with Crippen molar-refractivity contribution in [2.75, 3.05) is 7.11 Å². The highest BCUT2D eigenvalue weighted by Gasteiger charge is 2.44. The summed E-state index contributed by atoms with van der Waals surface area (Å²) in [5.74, 6) is -0.508. The first-order chi connectivity index (χ1) is 11.5. The van der Waals surface area contributed by atoms with Crippen LogP contribution in [-0.4, -0.2) is 27.0 Å². The van der Waals surface area contributed by atoms with Crippen LogP contribution in [0.15, 0.2) is 47.4 Å². The van der Waals surface area contributed by atoms with Crippen LogP contribution in [0.1, 0.15) is 32.1 Å². The number of sulfonamides is 1. The third-order valence-corrected chi connectivity index (χ3v) is 6.18. The molecule has 0 spiro atoms. The van der Waals surface area contributed by atoms with E-state index in [4.69, 9.17) is 4.74 Å². The fourth-order valence-corrected chi connectivity index (χ4v) is 4.80. The Labute approximate surface area is 142 Å². The Balaban J connectivity index is 1.97. The Morgan fingerprint density at radius 1 is 1.04 bits per heavy atom. The molecule has 0 unspecified atom stereocenters. The van der Waals surface area contributed by atoms with E-state index in [2.05, 4.69) is 4.72 Å². The second-order valence-corrected chi connectivity index (χ2v) is 7.93. The van der Waals surface area contributed by atoms with Gasteiger partial charge < -0.3 is 4.74 Å². The van der Waals surface area contributed by atoms with E-state index in [-0.39, 0.29) is 4.90 Å². The summed E-state index contributed by atoms with van der Waals surface area (Å²) in [4.78, 5) is 12.4. The van der Waals surface area contributed by atoms with Crippen molar-refractivity contribution in [2.45, 2.75) is 42.5 Å². The topological polar surface area (TPSA) is 72.5 Å². The van der Waals surface area contributed by atoms with Crippen molar-refractivity contribution in [2.24, 2.45) is 0 Å². The van der Waals surface area contributed by atoms with Crippen LogP contribution in [0, 0.1) is 0 Å². The van der Waals surface area contributed by atoms with E-state index in [0.717, 1.165) is 30.0 Å². The van der Waals surface area contributed by atoms with E-state index in [1.165, 1.54) is 7.11 Å². The molecule has 5 nitrogen and oxygen atoms in total. The highest BCUT2D eigenvalue weighted by molar-refractivity contribution is 7.89. The van der Waals surface area contributed by atoms with Crippen molar-refractivity contribution < 1.29 is 17.9 Å². The SMILES string of the molecule is COC(=O)C1(NS(=O)(=O)c2ccc3ccccc3c2)CCCCC1. The van der Waals surface area contributed by atoms with Gasteiger partial charge >= 0.3 is 5.97 Å². The van der Waals surface area contributed by atoms with Gasteiger partial charge in [0, 0.05) is 0 Å². The summed E-state index contributed by atoms with van der Waals surface area (Å²) in [7, 11) is -2.52. The summed E-state index contributed by atoms with van der Waals surface area (Å²) < 4.78 is 33.2.